The normalized spacial score (nSPS) is 23.0. The predicted octanol–water partition coefficient (Wildman–Crippen LogP) is 2.87. The molecule has 3 aliphatic rings. The number of fused-ring (bicyclic) bond motifs is 2. The first-order valence-electron chi connectivity index (χ1n) is 10.4. The summed E-state index contributed by atoms with van der Waals surface area (Å²) in [5, 5.41) is 4.15. The first-order chi connectivity index (χ1) is 13.3. The summed E-state index contributed by atoms with van der Waals surface area (Å²) < 4.78 is 5.46. The molecule has 2 aliphatic carbocycles. The molecule has 0 unspecified atom stereocenters. The summed E-state index contributed by atoms with van der Waals surface area (Å²) in [5.74, 6) is 0.545. The number of carbonyl (C=O) groups excluding carboxylic acids is 1. The van der Waals surface area contributed by atoms with Crippen LogP contribution >= 0.6 is 0 Å². The Bertz CT molecular complexity index is 836. The number of carbonyl (C=O) groups is 1. The summed E-state index contributed by atoms with van der Waals surface area (Å²) >= 11 is 0. The minimum atomic E-state index is 0.0410. The van der Waals surface area contributed by atoms with Crippen molar-refractivity contribution in [1.29, 1.82) is 0 Å². The van der Waals surface area contributed by atoms with E-state index in [4.69, 9.17) is 4.52 Å². The average molecular weight is 365 g/mol. The Morgan fingerprint density at radius 2 is 1.78 bits per heavy atom. The predicted molar refractivity (Wildman–Crippen MR) is 103 cm³/mol. The molecule has 2 aromatic rings. The Hall–Kier alpha value is -2.14. The van der Waals surface area contributed by atoms with E-state index in [9.17, 15) is 4.79 Å². The minimum Gasteiger partial charge on any atom is -0.350 e. The zero-order valence-electron chi connectivity index (χ0n) is 15.8. The zero-order valence-corrected chi connectivity index (χ0v) is 15.8. The van der Waals surface area contributed by atoms with Crippen LogP contribution in [0, 0.1) is 0 Å². The lowest BCUT2D eigenvalue weighted by Crippen LogP contribution is -2.53. The molecule has 1 amide bonds. The van der Waals surface area contributed by atoms with E-state index >= 15 is 0 Å². The Kier molecular flexibility index (Phi) is 4.48. The van der Waals surface area contributed by atoms with Gasteiger partial charge in [0.05, 0.1) is 5.69 Å². The van der Waals surface area contributed by atoms with Crippen molar-refractivity contribution in [2.75, 3.05) is 26.2 Å². The molecule has 1 aromatic carbocycles. The first-order valence-corrected chi connectivity index (χ1v) is 10.4. The van der Waals surface area contributed by atoms with Gasteiger partial charge in [-0.2, -0.15) is 0 Å². The van der Waals surface area contributed by atoms with E-state index in [1.807, 2.05) is 4.90 Å². The fourth-order valence-electron chi connectivity index (χ4n) is 4.98. The van der Waals surface area contributed by atoms with Crippen LogP contribution in [0.25, 0.3) is 0 Å². The van der Waals surface area contributed by atoms with Crippen LogP contribution in [0.3, 0.4) is 0 Å². The summed E-state index contributed by atoms with van der Waals surface area (Å²) in [6, 6.07) is 9.44. The molecule has 1 atom stereocenters. The number of hydrogen-bond acceptors (Lipinski definition) is 4. The number of aryl methyl sites for hydroxylation is 2. The monoisotopic (exact) mass is 365 g/mol. The highest BCUT2D eigenvalue weighted by atomic mass is 16.5. The van der Waals surface area contributed by atoms with Crippen molar-refractivity contribution in [3.63, 3.8) is 0 Å². The molecule has 1 saturated heterocycles. The SMILES string of the molecule is O=C(c1onc2c1CCCC2)N1CCN([C@H]2CCc3ccccc3C2)CC1. The number of nitrogens with zero attached hydrogens (tertiary/aromatic N) is 3. The van der Waals surface area contributed by atoms with Crippen molar-refractivity contribution in [3.8, 4) is 0 Å². The van der Waals surface area contributed by atoms with E-state index in [-0.39, 0.29) is 5.91 Å². The van der Waals surface area contributed by atoms with Gasteiger partial charge >= 0.3 is 0 Å². The summed E-state index contributed by atoms with van der Waals surface area (Å²) in [5.41, 5.74) is 5.08. The molecule has 27 heavy (non-hydrogen) atoms. The van der Waals surface area contributed by atoms with Crippen molar-refractivity contribution >= 4 is 5.91 Å². The van der Waals surface area contributed by atoms with E-state index in [1.165, 1.54) is 24.0 Å². The van der Waals surface area contributed by atoms with Crippen LogP contribution in [0.4, 0.5) is 0 Å². The minimum absolute atomic E-state index is 0.0410. The molecule has 1 fully saturated rings. The van der Waals surface area contributed by atoms with Gasteiger partial charge in [0.2, 0.25) is 5.76 Å². The maximum atomic E-state index is 13.0. The van der Waals surface area contributed by atoms with Crippen molar-refractivity contribution in [2.24, 2.45) is 0 Å². The number of hydrogen-bond donors (Lipinski definition) is 0. The fourth-order valence-corrected chi connectivity index (χ4v) is 4.98. The van der Waals surface area contributed by atoms with Gasteiger partial charge in [0.1, 0.15) is 0 Å². The number of benzene rings is 1. The second-order valence-electron chi connectivity index (χ2n) is 8.14. The van der Waals surface area contributed by atoms with Crippen LogP contribution in [0.1, 0.15) is 52.2 Å². The van der Waals surface area contributed by atoms with Crippen LogP contribution in [0.5, 0.6) is 0 Å². The van der Waals surface area contributed by atoms with E-state index in [0.29, 0.717) is 11.8 Å². The molecule has 2 heterocycles. The second-order valence-corrected chi connectivity index (χ2v) is 8.14. The van der Waals surface area contributed by atoms with Gasteiger partial charge in [-0.15, -0.1) is 0 Å². The number of piperazine rings is 1. The second kappa shape index (κ2) is 7.12. The average Bonchev–Trinajstić information content (AvgIpc) is 3.17. The smallest absolute Gasteiger partial charge is 0.292 e. The van der Waals surface area contributed by atoms with Crippen molar-refractivity contribution < 1.29 is 9.32 Å². The van der Waals surface area contributed by atoms with E-state index in [1.54, 1.807) is 0 Å². The Labute approximate surface area is 160 Å². The van der Waals surface area contributed by atoms with Gasteiger partial charge < -0.3 is 9.42 Å². The van der Waals surface area contributed by atoms with Crippen molar-refractivity contribution in [1.82, 2.24) is 15.0 Å². The van der Waals surface area contributed by atoms with Crippen LogP contribution in [-0.2, 0) is 25.7 Å². The highest BCUT2D eigenvalue weighted by molar-refractivity contribution is 5.93. The molecule has 142 valence electrons. The molecule has 0 N–H and O–H groups in total. The van der Waals surface area contributed by atoms with Crippen LogP contribution in [-0.4, -0.2) is 53.1 Å². The molecular weight excluding hydrogens is 338 g/mol. The zero-order chi connectivity index (χ0) is 18.2. The summed E-state index contributed by atoms with van der Waals surface area (Å²) in [7, 11) is 0. The fraction of sp³-hybridized carbons (Fsp3) is 0.545. The number of amides is 1. The van der Waals surface area contributed by atoms with Gasteiger partial charge in [0.25, 0.3) is 5.91 Å². The lowest BCUT2D eigenvalue weighted by molar-refractivity contribution is 0.0516. The standard InChI is InChI=1S/C22H27N3O2/c26-22(21-19-7-3-4-8-20(19)23-27-21)25-13-11-24(12-14-25)18-10-9-16-5-1-2-6-17(16)15-18/h1-2,5-6,18H,3-4,7-15H2/t18-/m0/s1. The molecule has 0 spiro atoms. The van der Waals surface area contributed by atoms with Crippen molar-refractivity contribution in [2.45, 2.75) is 51.0 Å². The number of aromatic nitrogens is 1. The molecule has 5 nitrogen and oxygen atoms in total. The van der Waals surface area contributed by atoms with Gasteiger partial charge in [-0.1, -0.05) is 29.4 Å². The van der Waals surface area contributed by atoms with Crippen LogP contribution in [0.15, 0.2) is 28.8 Å². The summed E-state index contributed by atoms with van der Waals surface area (Å²) in [6.45, 7) is 3.47. The van der Waals surface area contributed by atoms with Gasteiger partial charge in [0, 0.05) is 37.8 Å². The van der Waals surface area contributed by atoms with E-state index < -0.39 is 0 Å². The quantitative estimate of drug-likeness (QED) is 0.821. The van der Waals surface area contributed by atoms with Gasteiger partial charge in [0.15, 0.2) is 0 Å². The maximum Gasteiger partial charge on any atom is 0.292 e. The number of rotatable bonds is 2. The van der Waals surface area contributed by atoms with E-state index in [0.717, 1.165) is 69.5 Å². The lowest BCUT2D eigenvalue weighted by atomic mass is 9.87. The maximum absolute atomic E-state index is 13.0. The molecule has 1 aromatic heterocycles. The Balaban J connectivity index is 1.22. The van der Waals surface area contributed by atoms with Gasteiger partial charge in [-0.25, -0.2) is 0 Å². The van der Waals surface area contributed by atoms with Crippen LogP contribution in [0.2, 0.25) is 0 Å². The Morgan fingerprint density at radius 3 is 2.63 bits per heavy atom. The first kappa shape index (κ1) is 17.0. The molecule has 5 rings (SSSR count). The highest BCUT2D eigenvalue weighted by Crippen LogP contribution is 2.27. The Morgan fingerprint density at radius 1 is 1.00 bits per heavy atom. The third-order valence-electron chi connectivity index (χ3n) is 6.59. The molecule has 0 bridgehead atoms. The molecule has 1 aliphatic heterocycles. The molecule has 0 radical (unpaired) electrons. The summed E-state index contributed by atoms with van der Waals surface area (Å²) in [4.78, 5) is 17.5. The largest absolute Gasteiger partial charge is 0.350 e. The molecule has 0 saturated carbocycles. The highest BCUT2D eigenvalue weighted by Gasteiger charge is 2.32. The van der Waals surface area contributed by atoms with Crippen molar-refractivity contribution in [3.05, 3.63) is 52.4 Å². The van der Waals surface area contributed by atoms with Crippen LogP contribution < -0.4 is 0 Å². The third-order valence-corrected chi connectivity index (χ3v) is 6.59. The molecular formula is C22H27N3O2. The molecule has 5 heteroatoms. The topological polar surface area (TPSA) is 49.6 Å². The lowest BCUT2D eigenvalue weighted by Gasteiger charge is -2.41. The van der Waals surface area contributed by atoms with Gasteiger partial charge in [-0.3, -0.25) is 9.69 Å². The summed E-state index contributed by atoms with van der Waals surface area (Å²) in [6.07, 6.45) is 7.69. The van der Waals surface area contributed by atoms with Gasteiger partial charge in [-0.05, 0) is 56.1 Å². The third kappa shape index (κ3) is 3.18. The van der Waals surface area contributed by atoms with E-state index in [2.05, 4.69) is 34.3 Å².